The third-order valence-electron chi connectivity index (χ3n) is 12.5. The number of nitrogens with zero attached hydrogens (tertiary/aromatic N) is 2. The summed E-state index contributed by atoms with van der Waals surface area (Å²) in [5, 5.41) is 31.0. The van der Waals surface area contributed by atoms with Gasteiger partial charge in [0, 0.05) is 23.3 Å². The monoisotopic (exact) mass is 890 g/mol. The van der Waals surface area contributed by atoms with Gasteiger partial charge in [-0.15, -0.1) is 0 Å². The Hall–Kier alpha value is -3.62. The van der Waals surface area contributed by atoms with Gasteiger partial charge in [0.25, 0.3) is 0 Å². The van der Waals surface area contributed by atoms with Crippen LogP contribution in [0.3, 0.4) is 0 Å². The average molecular weight is 891 g/mol. The second kappa shape index (κ2) is 16.0. The first-order valence-electron chi connectivity index (χ1n) is 22.1. The second-order valence-electron chi connectivity index (χ2n) is 19.9. The summed E-state index contributed by atoms with van der Waals surface area (Å²) in [5.41, 5.74) is 10.1. The molecule has 4 aromatic rings. The predicted octanol–water partition coefficient (Wildman–Crippen LogP) is 7.39. The fourth-order valence-corrected chi connectivity index (χ4v) is 10.4. The topological polar surface area (TPSA) is 185 Å². The minimum absolute atomic E-state index is 0.299. The van der Waals surface area contributed by atoms with E-state index in [1.165, 1.54) is 11.1 Å². The molecule has 6 fully saturated rings. The molecule has 16 nitrogen and oxygen atoms in total. The molecule has 6 aliphatic heterocycles. The van der Waals surface area contributed by atoms with Gasteiger partial charge in [-0.25, -0.2) is 0 Å². The third kappa shape index (κ3) is 8.50. The maximum atomic E-state index is 11.3. The van der Waals surface area contributed by atoms with Crippen LogP contribution < -0.4 is 0 Å². The molecular weight excluding hydrogens is 829 g/mol. The molecule has 2 aromatic carbocycles. The van der Waals surface area contributed by atoms with Crippen LogP contribution >= 0.6 is 0 Å². The molecule has 10 rings (SSSR count). The number of aliphatic hydroxyl groups is 2. The average Bonchev–Trinajstić information content (AvgIpc) is 4.02. The van der Waals surface area contributed by atoms with Crippen molar-refractivity contribution in [3.05, 3.63) is 81.3 Å². The number of ether oxygens (including phenoxy) is 10. The number of rotatable bonds is 6. The number of fused-ring (bicyclic) bond motifs is 6. The Balaban J connectivity index is 0.000000162. The number of hydrogen-bond acceptors (Lipinski definition) is 16. The Kier molecular flexibility index (Phi) is 11.4. The van der Waals surface area contributed by atoms with Crippen LogP contribution in [-0.4, -0.2) is 105 Å². The van der Waals surface area contributed by atoms with Gasteiger partial charge in [-0.05, 0) is 119 Å². The van der Waals surface area contributed by atoms with Gasteiger partial charge in [0.15, 0.2) is 47.2 Å². The Morgan fingerprint density at radius 1 is 0.422 bits per heavy atom. The normalized spacial score (nSPS) is 33.7. The number of aromatic nitrogens is 2. The predicted molar refractivity (Wildman–Crippen MR) is 227 cm³/mol. The maximum absolute atomic E-state index is 11.3. The lowest BCUT2D eigenvalue weighted by molar-refractivity contribution is -0.255. The summed E-state index contributed by atoms with van der Waals surface area (Å²) >= 11 is 0. The van der Waals surface area contributed by atoms with Crippen molar-refractivity contribution in [3.8, 4) is 22.5 Å². The zero-order valence-electron chi connectivity index (χ0n) is 39.1. The molecule has 64 heavy (non-hydrogen) atoms. The molecule has 12 unspecified atom stereocenters. The summed E-state index contributed by atoms with van der Waals surface area (Å²) in [6.07, 6.45) is -8.11. The van der Waals surface area contributed by atoms with Crippen LogP contribution in [0.15, 0.2) is 45.4 Å². The van der Waals surface area contributed by atoms with Gasteiger partial charge in [-0.2, -0.15) is 0 Å². The number of benzene rings is 2. The van der Waals surface area contributed by atoms with E-state index in [1.54, 1.807) is 12.1 Å². The first kappa shape index (κ1) is 45.5. The fourth-order valence-electron chi connectivity index (χ4n) is 10.4. The van der Waals surface area contributed by atoms with Gasteiger partial charge in [-0.1, -0.05) is 45.7 Å². The zero-order chi connectivity index (χ0) is 46.0. The van der Waals surface area contributed by atoms with Crippen LogP contribution in [0.4, 0.5) is 0 Å². The van der Waals surface area contributed by atoms with Gasteiger partial charge < -0.3 is 66.6 Å². The van der Waals surface area contributed by atoms with Crippen LogP contribution in [0.5, 0.6) is 0 Å². The van der Waals surface area contributed by atoms with Gasteiger partial charge in [0.1, 0.15) is 72.4 Å². The summed E-state index contributed by atoms with van der Waals surface area (Å²) < 4.78 is 71.9. The van der Waals surface area contributed by atoms with E-state index in [4.69, 9.17) is 56.4 Å². The van der Waals surface area contributed by atoms with E-state index < -0.39 is 96.8 Å². The second-order valence-corrected chi connectivity index (χ2v) is 19.9. The van der Waals surface area contributed by atoms with Gasteiger partial charge >= 0.3 is 0 Å². The summed E-state index contributed by atoms with van der Waals surface area (Å²) in [6.45, 7) is 26.9. The van der Waals surface area contributed by atoms with Crippen LogP contribution in [0.25, 0.3) is 22.5 Å². The minimum Gasteiger partial charge on any atom is -0.382 e. The maximum Gasteiger partial charge on any atom is 0.190 e. The number of aryl methyl sites for hydroxylation is 6. The smallest absolute Gasteiger partial charge is 0.190 e. The minimum atomic E-state index is -1.12. The molecule has 0 bridgehead atoms. The van der Waals surface area contributed by atoms with Crippen LogP contribution in [0.2, 0.25) is 0 Å². The number of aliphatic hydroxyl groups excluding tert-OH is 2. The van der Waals surface area contributed by atoms with Crippen molar-refractivity contribution in [2.24, 2.45) is 0 Å². The summed E-state index contributed by atoms with van der Waals surface area (Å²) in [4.78, 5) is 0. The van der Waals surface area contributed by atoms with E-state index in [0.29, 0.717) is 22.9 Å². The van der Waals surface area contributed by atoms with E-state index in [-0.39, 0.29) is 0 Å². The Morgan fingerprint density at radius 2 is 0.719 bits per heavy atom. The molecule has 0 saturated carbocycles. The molecular formula is C48H62N2O14. The lowest BCUT2D eigenvalue weighted by atomic mass is 9.93. The van der Waals surface area contributed by atoms with Crippen molar-refractivity contribution in [2.75, 3.05) is 0 Å². The van der Waals surface area contributed by atoms with Crippen molar-refractivity contribution >= 4 is 0 Å². The van der Waals surface area contributed by atoms with Crippen molar-refractivity contribution in [3.63, 3.8) is 0 Å². The van der Waals surface area contributed by atoms with Crippen molar-refractivity contribution in [2.45, 2.75) is 194 Å². The summed E-state index contributed by atoms with van der Waals surface area (Å²) in [7, 11) is 0. The van der Waals surface area contributed by atoms with Crippen LogP contribution in [0.1, 0.15) is 112 Å². The molecule has 6 aliphatic rings. The van der Waals surface area contributed by atoms with E-state index in [9.17, 15) is 10.2 Å². The first-order valence-corrected chi connectivity index (χ1v) is 22.1. The lowest BCUT2D eigenvalue weighted by Gasteiger charge is -2.38. The van der Waals surface area contributed by atoms with Gasteiger partial charge in [0.05, 0.1) is 0 Å². The number of hydrogen-bond donors (Lipinski definition) is 2. The van der Waals surface area contributed by atoms with E-state index in [0.717, 1.165) is 33.4 Å². The standard InChI is InChI=1S/2C24H31NO7/c2*1-11-8-12(2)16(13(3)9-11)14-10-15(32-25-14)17(26)18-19-20(29-23(4,5)28-19)21-22(27-18)31-24(6,7)30-21/h2*8-10,17-22,26H,1-7H3. The molecule has 8 heterocycles. The molecule has 2 aromatic heterocycles. The molecule has 2 N–H and O–H groups in total. The molecule has 0 radical (unpaired) electrons. The highest BCUT2D eigenvalue weighted by Gasteiger charge is 2.64. The Bertz CT molecular complexity index is 2180. The molecule has 0 spiro atoms. The Labute approximate surface area is 373 Å². The summed E-state index contributed by atoms with van der Waals surface area (Å²) in [6, 6.07) is 11.9. The van der Waals surface area contributed by atoms with Crippen molar-refractivity contribution in [1.29, 1.82) is 0 Å². The van der Waals surface area contributed by atoms with Gasteiger partial charge in [-0.3, -0.25) is 0 Å². The quantitative estimate of drug-likeness (QED) is 0.195. The van der Waals surface area contributed by atoms with Crippen LogP contribution in [0, 0.1) is 41.5 Å². The SMILES string of the molecule is Cc1cc(C)c(-c2cc(C(O)C3OC4OC(C)(C)OC4C4OC(C)(C)OC34)on2)c(C)c1.Cc1cc(C)c(-c2cc(C(O)C3OC4OC(C)(C)OC4C4OC(C)(C)OC34)on2)c(C)c1. The molecule has 6 saturated heterocycles. The molecule has 0 aliphatic carbocycles. The van der Waals surface area contributed by atoms with E-state index in [1.807, 2.05) is 83.1 Å². The van der Waals surface area contributed by atoms with Crippen molar-refractivity contribution in [1.82, 2.24) is 10.3 Å². The molecule has 12 atom stereocenters. The largest absolute Gasteiger partial charge is 0.382 e. The fraction of sp³-hybridized carbons (Fsp3) is 0.625. The van der Waals surface area contributed by atoms with Crippen LogP contribution in [-0.2, 0) is 47.4 Å². The first-order chi connectivity index (χ1) is 29.9. The molecule has 0 amide bonds. The zero-order valence-corrected chi connectivity index (χ0v) is 39.1. The molecule has 348 valence electrons. The van der Waals surface area contributed by atoms with E-state index in [2.05, 4.69) is 48.4 Å². The van der Waals surface area contributed by atoms with Crippen molar-refractivity contribution < 1.29 is 66.6 Å². The Morgan fingerprint density at radius 3 is 1.06 bits per heavy atom. The highest BCUT2D eigenvalue weighted by atomic mass is 16.9. The lowest BCUT2D eigenvalue weighted by Crippen LogP contribution is -2.56. The van der Waals surface area contributed by atoms with Gasteiger partial charge in [0.2, 0.25) is 0 Å². The summed E-state index contributed by atoms with van der Waals surface area (Å²) in [5.74, 6) is -2.73. The highest BCUT2D eigenvalue weighted by Crippen LogP contribution is 2.49. The third-order valence-corrected chi connectivity index (χ3v) is 12.5. The molecule has 16 heteroatoms. The highest BCUT2D eigenvalue weighted by molar-refractivity contribution is 5.69. The van der Waals surface area contributed by atoms with E-state index >= 15 is 0 Å².